The van der Waals surface area contributed by atoms with Gasteiger partial charge in [-0.3, -0.25) is 4.79 Å². The Hall–Kier alpha value is -0.790. The largest absolute Gasteiger partial charge is 0.465 e. The molecule has 0 bridgehead atoms. The summed E-state index contributed by atoms with van der Waals surface area (Å²) < 4.78 is 4.96. The van der Waals surface area contributed by atoms with E-state index in [4.69, 9.17) is 4.74 Å². The van der Waals surface area contributed by atoms with Gasteiger partial charge in [0.05, 0.1) is 12.5 Å². The van der Waals surface area contributed by atoms with Crippen LogP contribution in [0.25, 0.3) is 0 Å². The van der Waals surface area contributed by atoms with Gasteiger partial charge in [0.1, 0.15) is 0 Å². The molecule has 2 heteroatoms. The van der Waals surface area contributed by atoms with Gasteiger partial charge in [0.25, 0.3) is 0 Å². The van der Waals surface area contributed by atoms with Crippen molar-refractivity contribution >= 4 is 5.97 Å². The predicted molar refractivity (Wildman–Crippen MR) is 43.0 cm³/mol. The second-order valence-electron chi connectivity index (χ2n) is 2.91. The van der Waals surface area contributed by atoms with E-state index in [1.54, 1.807) is 0 Å². The number of rotatable bonds is 4. The maximum absolute atomic E-state index is 11.1. The summed E-state index contributed by atoms with van der Waals surface area (Å²) in [7, 11) is 0. The van der Waals surface area contributed by atoms with Crippen molar-refractivity contribution < 1.29 is 9.53 Å². The van der Waals surface area contributed by atoms with E-state index in [1.165, 1.54) is 0 Å². The number of ether oxygens (including phenoxy) is 1. The minimum absolute atomic E-state index is 0.0447. The van der Waals surface area contributed by atoms with Crippen molar-refractivity contribution in [3.8, 4) is 0 Å². The fraction of sp³-hybridized carbons (Fsp3) is 0.667. The van der Waals surface area contributed by atoms with Gasteiger partial charge in [-0.25, -0.2) is 0 Å². The third kappa shape index (κ3) is 2.07. The Labute approximate surface area is 67.2 Å². The van der Waals surface area contributed by atoms with E-state index in [0.29, 0.717) is 12.5 Å². The molecule has 62 valence electrons. The second kappa shape index (κ2) is 3.56. The summed E-state index contributed by atoms with van der Waals surface area (Å²) in [6.07, 6.45) is 3.67. The van der Waals surface area contributed by atoms with E-state index < -0.39 is 0 Å². The van der Waals surface area contributed by atoms with Crippen LogP contribution in [0.2, 0.25) is 0 Å². The molecule has 0 amide bonds. The first-order valence-corrected chi connectivity index (χ1v) is 4.08. The average Bonchev–Trinajstić information content (AvgIpc) is 2.78. The maximum Gasteiger partial charge on any atom is 0.309 e. The van der Waals surface area contributed by atoms with Crippen LogP contribution in [0.3, 0.4) is 0 Å². The first-order valence-electron chi connectivity index (χ1n) is 4.08. The van der Waals surface area contributed by atoms with E-state index in [0.717, 1.165) is 12.8 Å². The fourth-order valence-corrected chi connectivity index (χ4v) is 1.06. The molecule has 1 aliphatic carbocycles. The molecule has 1 fully saturated rings. The van der Waals surface area contributed by atoms with Gasteiger partial charge in [0, 0.05) is 0 Å². The summed E-state index contributed by atoms with van der Waals surface area (Å²) in [6.45, 7) is 6.17. The van der Waals surface area contributed by atoms with Crippen molar-refractivity contribution in [3.05, 3.63) is 12.7 Å². The minimum Gasteiger partial charge on any atom is -0.465 e. The number of hydrogen-bond acceptors (Lipinski definition) is 2. The Balaban J connectivity index is 2.17. The van der Waals surface area contributed by atoms with Gasteiger partial charge < -0.3 is 4.74 Å². The van der Waals surface area contributed by atoms with Crippen LogP contribution in [0.4, 0.5) is 0 Å². The molecule has 0 heterocycles. The first-order chi connectivity index (χ1) is 5.29. The summed E-state index contributed by atoms with van der Waals surface area (Å²) in [4.78, 5) is 11.1. The van der Waals surface area contributed by atoms with Crippen molar-refractivity contribution in [2.24, 2.45) is 11.8 Å². The van der Waals surface area contributed by atoms with Gasteiger partial charge >= 0.3 is 5.97 Å². The number of esters is 1. The van der Waals surface area contributed by atoms with Crippen LogP contribution >= 0.6 is 0 Å². The van der Waals surface area contributed by atoms with Gasteiger partial charge in [0.2, 0.25) is 0 Å². The monoisotopic (exact) mass is 154 g/mol. The summed E-state index contributed by atoms with van der Waals surface area (Å²) in [5.74, 6) is 0.468. The number of carbonyl (C=O) groups is 1. The van der Waals surface area contributed by atoms with Crippen LogP contribution in [0.1, 0.15) is 19.8 Å². The molecule has 2 nitrogen and oxygen atoms in total. The molecule has 2 atom stereocenters. The van der Waals surface area contributed by atoms with E-state index in [-0.39, 0.29) is 11.9 Å². The molecule has 0 N–H and O–H groups in total. The summed E-state index contributed by atoms with van der Waals surface area (Å²) in [6, 6.07) is 0. The van der Waals surface area contributed by atoms with Crippen molar-refractivity contribution in [2.45, 2.75) is 19.8 Å². The smallest absolute Gasteiger partial charge is 0.309 e. The van der Waals surface area contributed by atoms with Gasteiger partial charge in [-0.2, -0.15) is 0 Å². The van der Waals surface area contributed by atoms with Crippen LogP contribution in [-0.2, 0) is 9.53 Å². The van der Waals surface area contributed by atoms with E-state index in [2.05, 4.69) is 6.58 Å². The zero-order valence-corrected chi connectivity index (χ0v) is 6.88. The van der Waals surface area contributed by atoms with E-state index in [9.17, 15) is 4.79 Å². The predicted octanol–water partition coefficient (Wildman–Crippen LogP) is 1.76. The Morgan fingerprint density at radius 1 is 1.82 bits per heavy atom. The highest BCUT2D eigenvalue weighted by Gasteiger charge is 2.41. The molecule has 0 radical (unpaired) electrons. The van der Waals surface area contributed by atoms with E-state index in [1.807, 2.05) is 13.0 Å². The normalized spacial score (nSPS) is 27.7. The van der Waals surface area contributed by atoms with Gasteiger partial charge in [-0.1, -0.05) is 13.0 Å². The van der Waals surface area contributed by atoms with E-state index >= 15 is 0 Å². The molecular weight excluding hydrogens is 140 g/mol. The number of carbonyl (C=O) groups excluding carboxylic acids is 1. The van der Waals surface area contributed by atoms with Crippen LogP contribution in [0, 0.1) is 11.8 Å². The molecule has 0 spiro atoms. The number of allylic oxidation sites excluding steroid dienone is 1. The fourth-order valence-electron chi connectivity index (χ4n) is 1.06. The molecule has 2 unspecified atom stereocenters. The standard InChI is InChI=1S/C9H14O2/c1-3-5-11-9(10)8-6-7(8)4-2/h4,7-8H,2-3,5-6H2,1H3. The Morgan fingerprint density at radius 2 is 2.55 bits per heavy atom. The summed E-state index contributed by atoms with van der Waals surface area (Å²) >= 11 is 0. The molecule has 11 heavy (non-hydrogen) atoms. The zero-order chi connectivity index (χ0) is 8.27. The lowest BCUT2D eigenvalue weighted by Gasteiger charge is -1.99. The lowest BCUT2D eigenvalue weighted by Crippen LogP contribution is -2.08. The molecular formula is C9H14O2. The third-order valence-electron chi connectivity index (χ3n) is 1.89. The molecule has 1 aliphatic rings. The molecule has 0 aromatic heterocycles. The van der Waals surface area contributed by atoms with Crippen molar-refractivity contribution in [2.75, 3.05) is 6.61 Å². The molecule has 0 aromatic carbocycles. The van der Waals surface area contributed by atoms with Crippen LogP contribution in [0.5, 0.6) is 0 Å². The van der Waals surface area contributed by atoms with Gasteiger partial charge in [-0.15, -0.1) is 6.58 Å². The average molecular weight is 154 g/mol. The van der Waals surface area contributed by atoms with Crippen LogP contribution < -0.4 is 0 Å². The highest BCUT2D eigenvalue weighted by molar-refractivity contribution is 5.76. The Kier molecular flexibility index (Phi) is 2.69. The molecule has 0 aromatic rings. The van der Waals surface area contributed by atoms with Crippen molar-refractivity contribution in [3.63, 3.8) is 0 Å². The highest BCUT2D eigenvalue weighted by atomic mass is 16.5. The van der Waals surface area contributed by atoms with Gasteiger partial charge in [-0.05, 0) is 18.8 Å². The van der Waals surface area contributed by atoms with Crippen molar-refractivity contribution in [1.29, 1.82) is 0 Å². The minimum atomic E-state index is -0.0447. The number of hydrogen-bond donors (Lipinski definition) is 0. The molecule has 1 saturated carbocycles. The topological polar surface area (TPSA) is 26.3 Å². The van der Waals surface area contributed by atoms with Crippen LogP contribution in [0.15, 0.2) is 12.7 Å². The Morgan fingerprint density at radius 3 is 3.00 bits per heavy atom. The zero-order valence-electron chi connectivity index (χ0n) is 6.88. The first kappa shape index (κ1) is 8.31. The molecule has 1 rings (SSSR count). The molecule has 0 saturated heterocycles. The quantitative estimate of drug-likeness (QED) is 0.455. The lowest BCUT2D eigenvalue weighted by molar-refractivity contribution is -0.145. The second-order valence-corrected chi connectivity index (χ2v) is 2.91. The SMILES string of the molecule is C=CC1CC1C(=O)OCCC. The Bertz CT molecular complexity index is 163. The highest BCUT2D eigenvalue weighted by Crippen LogP contribution is 2.40. The van der Waals surface area contributed by atoms with Crippen LogP contribution in [-0.4, -0.2) is 12.6 Å². The summed E-state index contributed by atoms with van der Waals surface area (Å²) in [5, 5.41) is 0. The van der Waals surface area contributed by atoms with Gasteiger partial charge in [0.15, 0.2) is 0 Å². The lowest BCUT2D eigenvalue weighted by atomic mass is 10.3. The third-order valence-corrected chi connectivity index (χ3v) is 1.89. The van der Waals surface area contributed by atoms with Crippen molar-refractivity contribution in [1.82, 2.24) is 0 Å². The maximum atomic E-state index is 11.1. The molecule has 0 aliphatic heterocycles. The summed E-state index contributed by atoms with van der Waals surface area (Å²) in [5.41, 5.74) is 0.